The van der Waals surface area contributed by atoms with E-state index < -0.39 is 10.0 Å². The number of carbonyl (C=O) groups excluding carboxylic acids is 1. The molecule has 2 N–H and O–H groups in total. The first kappa shape index (κ1) is 23.0. The summed E-state index contributed by atoms with van der Waals surface area (Å²) in [5.41, 5.74) is 0.710. The van der Waals surface area contributed by atoms with E-state index in [9.17, 15) is 17.6 Å². The standard InChI is InChI=1S/C22H27FN2O5S/c1-16(17-6-5-7-18(23)14-17)25-22(26)8-3-2-4-11-24-31(27,28)19-9-10-20-21(15-19)30-13-12-29-20/h5-7,9-10,14-16,24H,2-4,8,11-13H2,1H3,(H,25,26). The molecule has 168 valence electrons. The molecule has 1 amide bonds. The van der Waals surface area contributed by atoms with Gasteiger partial charge in [-0.1, -0.05) is 18.6 Å². The van der Waals surface area contributed by atoms with Gasteiger partial charge in [-0.25, -0.2) is 17.5 Å². The van der Waals surface area contributed by atoms with Gasteiger partial charge in [0.15, 0.2) is 11.5 Å². The fraction of sp³-hybridized carbons (Fsp3) is 0.409. The Morgan fingerprint density at radius 1 is 1.06 bits per heavy atom. The van der Waals surface area contributed by atoms with Gasteiger partial charge in [-0.2, -0.15) is 0 Å². The molecule has 0 aliphatic carbocycles. The van der Waals surface area contributed by atoms with Crippen LogP contribution in [0.25, 0.3) is 0 Å². The molecule has 0 aromatic heterocycles. The van der Waals surface area contributed by atoms with Crippen LogP contribution >= 0.6 is 0 Å². The predicted molar refractivity (Wildman–Crippen MR) is 114 cm³/mol. The average molecular weight is 451 g/mol. The van der Waals surface area contributed by atoms with Crippen LogP contribution in [0.5, 0.6) is 11.5 Å². The summed E-state index contributed by atoms with van der Waals surface area (Å²) < 4.78 is 51.6. The van der Waals surface area contributed by atoms with Gasteiger partial charge in [0.2, 0.25) is 15.9 Å². The first-order valence-corrected chi connectivity index (χ1v) is 11.8. The Morgan fingerprint density at radius 3 is 2.61 bits per heavy atom. The minimum absolute atomic E-state index is 0.117. The Balaban J connectivity index is 1.35. The molecule has 3 rings (SSSR count). The van der Waals surface area contributed by atoms with Crippen LogP contribution < -0.4 is 19.5 Å². The molecule has 0 spiro atoms. The van der Waals surface area contributed by atoms with Crippen LogP contribution in [-0.4, -0.2) is 34.1 Å². The van der Waals surface area contributed by atoms with Gasteiger partial charge >= 0.3 is 0 Å². The van der Waals surface area contributed by atoms with Crippen molar-refractivity contribution in [2.45, 2.75) is 43.5 Å². The molecule has 0 radical (unpaired) electrons. The molecule has 31 heavy (non-hydrogen) atoms. The van der Waals surface area contributed by atoms with E-state index in [1.165, 1.54) is 24.3 Å². The number of carbonyl (C=O) groups is 1. The van der Waals surface area contributed by atoms with E-state index in [0.29, 0.717) is 56.0 Å². The van der Waals surface area contributed by atoms with Crippen molar-refractivity contribution in [3.63, 3.8) is 0 Å². The van der Waals surface area contributed by atoms with Gasteiger partial charge in [0.05, 0.1) is 10.9 Å². The highest BCUT2D eigenvalue weighted by atomic mass is 32.2. The zero-order chi connectivity index (χ0) is 22.3. The molecule has 0 bridgehead atoms. The molecule has 1 aliphatic heterocycles. The van der Waals surface area contributed by atoms with Crippen LogP contribution in [0.3, 0.4) is 0 Å². The number of ether oxygens (including phenoxy) is 2. The third-order valence-corrected chi connectivity index (χ3v) is 6.38. The predicted octanol–water partition coefficient (Wildman–Crippen LogP) is 3.31. The van der Waals surface area contributed by atoms with Gasteiger partial charge in [0, 0.05) is 19.0 Å². The lowest BCUT2D eigenvalue weighted by molar-refractivity contribution is -0.121. The van der Waals surface area contributed by atoms with E-state index in [2.05, 4.69) is 10.0 Å². The van der Waals surface area contributed by atoms with Crippen molar-refractivity contribution in [1.29, 1.82) is 0 Å². The number of amides is 1. The third-order valence-electron chi connectivity index (χ3n) is 4.92. The lowest BCUT2D eigenvalue weighted by atomic mass is 10.1. The van der Waals surface area contributed by atoms with Gasteiger partial charge in [-0.05, 0) is 49.6 Å². The number of nitrogens with one attached hydrogen (secondary N) is 2. The molecular formula is C22H27FN2O5S. The summed E-state index contributed by atoms with van der Waals surface area (Å²) in [7, 11) is -3.64. The second kappa shape index (κ2) is 10.6. The minimum atomic E-state index is -3.64. The summed E-state index contributed by atoms with van der Waals surface area (Å²) in [5, 5.41) is 2.85. The minimum Gasteiger partial charge on any atom is -0.486 e. The Bertz CT molecular complexity index is 1010. The van der Waals surface area contributed by atoms with E-state index in [-0.39, 0.29) is 29.2 Å². The second-order valence-corrected chi connectivity index (χ2v) is 9.13. The number of unbranched alkanes of at least 4 members (excludes halogenated alkanes) is 2. The van der Waals surface area contributed by atoms with E-state index in [1.807, 2.05) is 0 Å². The molecule has 0 saturated heterocycles. The number of sulfonamides is 1. The zero-order valence-corrected chi connectivity index (χ0v) is 18.2. The number of rotatable bonds is 10. The van der Waals surface area contributed by atoms with Crippen LogP contribution in [0, 0.1) is 5.82 Å². The summed E-state index contributed by atoms with van der Waals surface area (Å²) in [6, 6.07) is 10.4. The van der Waals surface area contributed by atoms with Crippen molar-refractivity contribution in [1.82, 2.24) is 10.0 Å². The third kappa shape index (κ3) is 6.67. The van der Waals surface area contributed by atoms with Crippen LogP contribution in [0.1, 0.15) is 44.2 Å². The maximum absolute atomic E-state index is 13.3. The quantitative estimate of drug-likeness (QED) is 0.542. The molecule has 9 heteroatoms. The van der Waals surface area contributed by atoms with Gasteiger partial charge in [-0.15, -0.1) is 0 Å². The average Bonchev–Trinajstić information content (AvgIpc) is 2.75. The van der Waals surface area contributed by atoms with E-state index >= 15 is 0 Å². The molecule has 1 atom stereocenters. The smallest absolute Gasteiger partial charge is 0.240 e. The molecule has 1 aliphatic rings. The van der Waals surface area contributed by atoms with Crippen LogP contribution in [0.2, 0.25) is 0 Å². The lowest BCUT2D eigenvalue weighted by Crippen LogP contribution is -2.27. The number of hydrogen-bond donors (Lipinski definition) is 2. The highest BCUT2D eigenvalue weighted by molar-refractivity contribution is 7.89. The molecule has 1 heterocycles. The normalized spacial score (nSPS) is 14.1. The number of fused-ring (bicyclic) bond motifs is 1. The molecule has 7 nitrogen and oxygen atoms in total. The Labute approximate surface area is 182 Å². The Kier molecular flexibility index (Phi) is 7.86. The molecule has 2 aromatic carbocycles. The fourth-order valence-electron chi connectivity index (χ4n) is 3.24. The number of benzene rings is 2. The number of hydrogen-bond acceptors (Lipinski definition) is 5. The summed E-state index contributed by atoms with van der Waals surface area (Å²) in [6.07, 6.45) is 2.27. The first-order chi connectivity index (χ1) is 14.8. The monoisotopic (exact) mass is 450 g/mol. The summed E-state index contributed by atoms with van der Waals surface area (Å²) in [4.78, 5) is 12.2. The fourth-order valence-corrected chi connectivity index (χ4v) is 4.33. The number of halogens is 1. The summed E-state index contributed by atoms with van der Waals surface area (Å²) >= 11 is 0. The maximum Gasteiger partial charge on any atom is 0.240 e. The Hall–Kier alpha value is -2.65. The van der Waals surface area contributed by atoms with Crippen LogP contribution in [0.4, 0.5) is 4.39 Å². The lowest BCUT2D eigenvalue weighted by Gasteiger charge is -2.18. The molecular weight excluding hydrogens is 423 g/mol. The van der Waals surface area contributed by atoms with Crippen molar-refractivity contribution in [3.05, 3.63) is 53.8 Å². The summed E-state index contributed by atoms with van der Waals surface area (Å²) in [6.45, 7) is 2.91. The molecule has 0 fully saturated rings. The van der Waals surface area contributed by atoms with Gasteiger partial charge < -0.3 is 14.8 Å². The molecule has 2 aromatic rings. The highest BCUT2D eigenvalue weighted by Gasteiger charge is 2.19. The molecule has 1 unspecified atom stereocenters. The largest absolute Gasteiger partial charge is 0.486 e. The van der Waals surface area contributed by atoms with E-state index in [4.69, 9.17) is 9.47 Å². The zero-order valence-electron chi connectivity index (χ0n) is 17.4. The van der Waals surface area contributed by atoms with Gasteiger partial charge in [0.25, 0.3) is 0 Å². The van der Waals surface area contributed by atoms with E-state index in [1.54, 1.807) is 25.1 Å². The molecule has 0 saturated carbocycles. The van der Waals surface area contributed by atoms with Gasteiger partial charge in [-0.3, -0.25) is 4.79 Å². The van der Waals surface area contributed by atoms with Crippen LogP contribution in [-0.2, 0) is 14.8 Å². The summed E-state index contributed by atoms with van der Waals surface area (Å²) in [5.74, 6) is 0.508. The topological polar surface area (TPSA) is 93.7 Å². The van der Waals surface area contributed by atoms with Crippen molar-refractivity contribution in [3.8, 4) is 11.5 Å². The van der Waals surface area contributed by atoms with Crippen LogP contribution in [0.15, 0.2) is 47.4 Å². The van der Waals surface area contributed by atoms with Gasteiger partial charge in [0.1, 0.15) is 19.0 Å². The SMILES string of the molecule is CC(NC(=O)CCCCCNS(=O)(=O)c1ccc2c(c1)OCCO2)c1cccc(F)c1. The van der Waals surface area contributed by atoms with Crippen molar-refractivity contribution in [2.75, 3.05) is 19.8 Å². The highest BCUT2D eigenvalue weighted by Crippen LogP contribution is 2.32. The van der Waals surface area contributed by atoms with Crippen molar-refractivity contribution < 1.29 is 27.1 Å². The maximum atomic E-state index is 13.3. The first-order valence-electron chi connectivity index (χ1n) is 10.3. The second-order valence-electron chi connectivity index (χ2n) is 7.36. The van der Waals surface area contributed by atoms with Crippen molar-refractivity contribution >= 4 is 15.9 Å². The van der Waals surface area contributed by atoms with E-state index in [0.717, 1.165) is 0 Å². The van der Waals surface area contributed by atoms with Crippen molar-refractivity contribution in [2.24, 2.45) is 0 Å². The Morgan fingerprint density at radius 2 is 1.84 bits per heavy atom.